The smallest absolute Gasteiger partial charge is 0.130 e. The molecule has 0 spiro atoms. The fourth-order valence-electron chi connectivity index (χ4n) is 1.19. The zero-order valence-corrected chi connectivity index (χ0v) is 9.69. The zero-order chi connectivity index (χ0) is 10.6. The molecule has 0 aromatic carbocycles. The number of nitrogens with one attached hydrogen (secondary N) is 1. The van der Waals surface area contributed by atoms with E-state index in [0.29, 0.717) is 6.04 Å². The highest BCUT2D eigenvalue weighted by atomic mass is 32.1. The quantitative estimate of drug-likeness (QED) is 0.825. The maximum Gasteiger partial charge on any atom is 0.130 e. The van der Waals surface area contributed by atoms with Crippen molar-refractivity contribution in [3.63, 3.8) is 0 Å². The largest absolute Gasteiger partial charge is 0.295 e. The first kappa shape index (κ1) is 11.2. The molecule has 0 aliphatic carbocycles. The third-order valence-electron chi connectivity index (χ3n) is 2.24. The predicted octanol–water partition coefficient (Wildman–Crippen LogP) is 3.01. The van der Waals surface area contributed by atoms with Gasteiger partial charge in [-0.2, -0.15) is 5.26 Å². The molecule has 0 aliphatic rings. The number of rotatable bonds is 4. The van der Waals surface area contributed by atoms with Gasteiger partial charge in [0.2, 0.25) is 0 Å². The Morgan fingerprint density at radius 3 is 2.71 bits per heavy atom. The molecule has 0 aliphatic heterocycles. The highest BCUT2D eigenvalue weighted by Gasteiger charge is 2.13. The van der Waals surface area contributed by atoms with Crippen molar-refractivity contribution in [2.24, 2.45) is 0 Å². The standard InChI is InChI=1S/C11H16N2S/c1-4-8(2)13-10(7-12)11-6-5-9(3)14-11/h5-6,8,10,13H,4H2,1-3H3. The molecule has 2 unspecified atom stereocenters. The van der Waals surface area contributed by atoms with E-state index in [1.807, 2.05) is 6.07 Å². The molecule has 2 nitrogen and oxygen atoms in total. The Balaban J connectivity index is 2.69. The predicted molar refractivity (Wildman–Crippen MR) is 60.3 cm³/mol. The second-order valence-electron chi connectivity index (χ2n) is 3.49. The van der Waals surface area contributed by atoms with Crippen LogP contribution >= 0.6 is 11.3 Å². The van der Waals surface area contributed by atoms with Crippen LogP contribution in [0.4, 0.5) is 0 Å². The maximum atomic E-state index is 9.03. The molecule has 0 radical (unpaired) electrons. The minimum absolute atomic E-state index is 0.149. The first-order chi connectivity index (χ1) is 6.67. The molecule has 14 heavy (non-hydrogen) atoms. The van der Waals surface area contributed by atoms with Gasteiger partial charge in [0, 0.05) is 15.8 Å². The minimum Gasteiger partial charge on any atom is -0.295 e. The number of hydrogen-bond acceptors (Lipinski definition) is 3. The Morgan fingerprint density at radius 1 is 1.57 bits per heavy atom. The van der Waals surface area contributed by atoms with Gasteiger partial charge in [0.05, 0.1) is 6.07 Å². The molecule has 1 aromatic rings. The highest BCUT2D eigenvalue weighted by Crippen LogP contribution is 2.22. The summed E-state index contributed by atoms with van der Waals surface area (Å²) in [6.45, 7) is 6.28. The Hall–Kier alpha value is -0.850. The summed E-state index contributed by atoms with van der Waals surface area (Å²) < 4.78 is 0. The van der Waals surface area contributed by atoms with E-state index in [9.17, 15) is 0 Å². The average molecular weight is 208 g/mol. The van der Waals surface area contributed by atoms with E-state index in [0.717, 1.165) is 11.3 Å². The molecule has 0 amide bonds. The summed E-state index contributed by atoms with van der Waals surface area (Å²) >= 11 is 1.69. The van der Waals surface area contributed by atoms with Crippen molar-refractivity contribution >= 4 is 11.3 Å². The summed E-state index contributed by atoms with van der Waals surface area (Å²) in [5.41, 5.74) is 0. The monoisotopic (exact) mass is 208 g/mol. The van der Waals surface area contributed by atoms with E-state index >= 15 is 0 Å². The van der Waals surface area contributed by atoms with Crippen molar-refractivity contribution in [3.8, 4) is 6.07 Å². The van der Waals surface area contributed by atoms with Crippen molar-refractivity contribution in [2.45, 2.75) is 39.3 Å². The number of aryl methyl sites for hydroxylation is 1. The van der Waals surface area contributed by atoms with Crippen molar-refractivity contribution in [1.82, 2.24) is 5.32 Å². The lowest BCUT2D eigenvalue weighted by atomic mass is 10.2. The summed E-state index contributed by atoms with van der Waals surface area (Å²) in [5.74, 6) is 0. The molecule has 1 aromatic heterocycles. The van der Waals surface area contributed by atoms with Crippen LogP contribution in [-0.2, 0) is 0 Å². The highest BCUT2D eigenvalue weighted by molar-refractivity contribution is 7.12. The lowest BCUT2D eigenvalue weighted by Gasteiger charge is -2.15. The van der Waals surface area contributed by atoms with Crippen LogP contribution in [-0.4, -0.2) is 6.04 Å². The number of hydrogen-bond donors (Lipinski definition) is 1. The van der Waals surface area contributed by atoms with Gasteiger partial charge in [-0.15, -0.1) is 11.3 Å². The average Bonchev–Trinajstić information content (AvgIpc) is 2.60. The van der Waals surface area contributed by atoms with Gasteiger partial charge in [-0.3, -0.25) is 5.32 Å². The van der Waals surface area contributed by atoms with Gasteiger partial charge < -0.3 is 0 Å². The third kappa shape index (κ3) is 2.83. The molecule has 3 heteroatoms. The normalized spacial score (nSPS) is 14.7. The van der Waals surface area contributed by atoms with Gasteiger partial charge in [-0.05, 0) is 32.4 Å². The molecule has 76 valence electrons. The molecule has 1 N–H and O–H groups in total. The summed E-state index contributed by atoms with van der Waals surface area (Å²) in [7, 11) is 0. The van der Waals surface area contributed by atoms with Gasteiger partial charge >= 0.3 is 0 Å². The molecule has 0 fully saturated rings. The van der Waals surface area contributed by atoms with Crippen LogP contribution < -0.4 is 5.32 Å². The molecule has 1 heterocycles. The van der Waals surface area contributed by atoms with E-state index in [1.54, 1.807) is 11.3 Å². The molecule has 0 saturated carbocycles. The molecule has 0 saturated heterocycles. The summed E-state index contributed by atoms with van der Waals surface area (Å²) in [4.78, 5) is 2.37. The zero-order valence-electron chi connectivity index (χ0n) is 8.87. The second-order valence-corrected chi connectivity index (χ2v) is 4.81. The van der Waals surface area contributed by atoms with Crippen LogP contribution in [0.25, 0.3) is 0 Å². The molecular formula is C11H16N2S. The minimum atomic E-state index is -0.149. The van der Waals surface area contributed by atoms with E-state index in [-0.39, 0.29) is 6.04 Å². The van der Waals surface area contributed by atoms with E-state index < -0.39 is 0 Å². The SMILES string of the molecule is CCC(C)NC(C#N)c1ccc(C)s1. The lowest BCUT2D eigenvalue weighted by molar-refractivity contribution is 0.505. The Kier molecular flexibility index (Phi) is 4.12. The van der Waals surface area contributed by atoms with Crippen LogP contribution in [0.2, 0.25) is 0 Å². The number of nitriles is 1. The van der Waals surface area contributed by atoms with Crippen molar-refractivity contribution in [2.75, 3.05) is 0 Å². The van der Waals surface area contributed by atoms with Crippen LogP contribution in [0.3, 0.4) is 0 Å². The lowest BCUT2D eigenvalue weighted by Crippen LogP contribution is -2.28. The first-order valence-corrected chi connectivity index (χ1v) is 5.71. The third-order valence-corrected chi connectivity index (χ3v) is 3.30. The molecular weight excluding hydrogens is 192 g/mol. The summed E-state index contributed by atoms with van der Waals surface area (Å²) in [6.07, 6.45) is 1.04. The van der Waals surface area contributed by atoms with Gasteiger partial charge in [-0.25, -0.2) is 0 Å². The van der Waals surface area contributed by atoms with Gasteiger partial charge in [0.1, 0.15) is 6.04 Å². The maximum absolute atomic E-state index is 9.03. The number of nitrogens with zero attached hydrogens (tertiary/aromatic N) is 1. The van der Waals surface area contributed by atoms with Crippen molar-refractivity contribution in [3.05, 3.63) is 21.9 Å². The Morgan fingerprint density at radius 2 is 2.29 bits per heavy atom. The van der Waals surface area contributed by atoms with Crippen molar-refractivity contribution < 1.29 is 0 Å². The fourth-order valence-corrected chi connectivity index (χ4v) is 2.08. The molecule has 1 rings (SSSR count). The summed E-state index contributed by atoms with van der Waals surface area (Å²) in [6, 6.07) is 6.63. The first-order valence-electron chi connectivity index (χ1n) is 4.89. The van der Waals surface area contributed by atoms with Gasteiger partial charge in [0.15, 0.2) is 0 Å². The van der Waals surface area contributed by atoms with Crippen LogP contribution in [0.1, 0.15) is 36.1 Å². The Bertz CT molecular complexity index is 324. The van der Waals surface area contributed by atoms with Crippen LogP contribution in [0, 0.1) is 18.3 Å². The van der Waals surface area contributed by atoms with E-state index in [4.69, 9.17) is 5.26 Å². The fraction of sp³-hybridized carbons (Fsp3) is 0.545. The van der Waals surface area contributed by atoms with Crippen LogP contribution in [0.5, 0.6) is 0 Å². The Labute approximate surface area is 89.6 Å². The number of thiophene rings is 1. The van der Waals surface area contributed by atoms with E-state index in [2.05, 4.69) is 38.2 Å². The van der Waals surface area contributed by atoms with Gasteiger partial charge in [0.25, 0.3) is 0 Å². The summed E-state index contributed by atoms with van der Waals surface area (Å²) in [5, 5.41) is 12.3. The van der Waals surface area contributed by atoms with Gasteiger partial charge in [-0.1, -0.05) is 6.92 Å². The molecule has 2 atom stereocenters. The molecule has 0 bridgehead atoms. The van der Waals surface area contributed by atoms with Crippen LogP contribution in [0.15, 0.2) is 12.1 Å². The second kappa shape index (κ2) is 5.14. The topological polar surface area (TPSA) is 35.8 Å². The van der Waals surface area contributed by atoms with Crippen molar-refractivity contribution in [1.29, 1.82) is 5.26 Å². The van der Waals surface area contributed by atoms with E-state index in [1.165, 1.54) is 4.88 Å².